The van der Waals surface area contributed by atoms with E-state index in [4.69, 9.17) is 0 Å². The Balaban J connectivity index is 2.47. The van der Waals surface area contributed by atoms with E-state index in [1.165, 1.54) is 44.1 Å². The summed E-state index contributed by atoms with van der Waals surface area (Å²) in [6, 6.07) is 11.0. The molecule has 20 heavy (non-hydrogen) atoms. The molecule has 0 fully saturated rings. The first-order valence-corrected chi connectivity index (χ1v) is 8.33. The molecule has 114 valence electrons. The number of hydrogen-bond acceptors (Lipinski definition) is 1. The molecule has 0 radical (unpaired) electrons. The van der Waals surface area contributed by atoms with E-state index in [9.17, 15) is 0 Å². The summed E-state index contributed by atoms with van der Waals surface area (Å²) in [6.07, 6.45) is 8.14. The molecule has 1 unspecified atom stereocenters. The molecule has 0 spiro atoms. The van der Waals surface area contributed by atoms with Gasteiger partial charge in [0.1, 0.15) is 0 Å². The standard InChI is InChI=1S/C19H33N/c1-5-6-7-8-10-15-18(16-20-19(2,3)4)17-13-11-9-12-14-17/h9,11-14,18,20H,5-8,10,15-16H2,1-4H3. The van der Waals surface area contributed by atoms with Crippen molar-refractivity contribution in [2.45, 2.75) is 77.7 Å². The van der Waals surface area contributed by atoms with Crippen LogP contribution in [0, 0.1) is 0 Å². The summed E-state index contributed by atoms with van der Waals surface area (Å²) in [5, 5.41) is 3.67. The molecule has 0 heterocycles. The fraction of sp³-hybridized carbons (Fsp3) is 0.684. The molecule has 1 atom stereocenters. The maximum Gasteiger partial charge on any atom is 0.00967 e. The van der Waals surface area contributed by atoms with Gasteiger partial charge in [0.15, 0.2) is 0 Å². The van der Waals surface area contributed by atoms with Crippen LogP contribution in [0.4, 0.5) is 0 Å². The SMILES string of the molecule is CCCCCCCC(CNC(C)(C)C)c1ccccc1. The number of benzene rings is 1. The van der Waals surface area contributed by atoms with Gasteiger partial charge in [-0.15, -0.1) is 0 Å². The number of hydrogen-bond donors (Lipinski definition) is 1. The van der Waals surface area contributed by atoms with Crippen molar-refractivity contribution in [1.29, 1.82) is 0 Å². The van der Waals surface area contributed by atoms with Crippen molar-refractivity contribution in [3.05, 3.63) is 35.9 Å². The van der Waals surface area contributed by atoms with Gasteiger partial charge in [-0.2, -0.15) is 0 Å². The maximum atomic E-state index is 3.67. The molecule has 0 aliphatic heterocycles. The van der Waals surface area contributed by atoms with Crippen LogP contribution in [0.3, 0.4) is 0 Å². The van der Waals surface area contributed by atoms with Crippen LogP contribution in [0.1, 0.15) is 77.7 Å². The summed E-state index contributed by atoms with van der Waals surface area (Å²) in [6.45, 7) is 10.1. The van der Waals surface area contributed by atoms with Crippen molar-refractivity contribution in [2.75, 3.05) is 6.54 Å². The monoisotopic (exact) mass is 275 g/mol. The van der Waals surface area contributed by atoms with Crippen LogP contribution in [0.5, 0.6) is 0 Å². The van der Waals surface area contributed by atoms with E-state index in [1.54, 1.807) is 0 Å². The molecule has 0 aliphatic carbocycles. The summed E-state index contributed by atoms with van der Waals surface area (Å²) in [5.41, 5.74) is 1.69. The van der Waals surface area contributed by atoms with Crippen molar-refractivity contribution in [3.63, 3.8) is 0 Å². The van der Waals surface area contributed by atoms with E-state index in [2.05, 4.69) is 63.3 Å². The minimum absolute atomic E-state index is 0.204. The Morgan fingerprint density at radius 2 is 1.60 bits per heavy atom. The quantitative estimate of drug-likeness (QED) is 0.585. The molecule has 1 rings (SSSR count). The molecule has 0 saturated heterocycles. The topological polar surface area (TPSA) is 12.0 Å². The van der Waals surface area contributed by atoms with Gasteiger partial charge in [0.25, 0.3) is 0 Å². The van der Waals surface area contributed by atoms with Crippen LogP contribution in [0.2, 0.25) is 0 Å². The number of nitrogens with one attached hydrogen (secondary N) is 1. The van der Waals surface area contributed by atoms with E-state index in [1.807, 2.05) is 0 Å². The molecule has 0 bridgehead atoms. The molecule has 0 aromatic heterocycles. The summed E-state index contributed by atoms with van der Waals surface area (Å²) in [5.74, 6) is 0.650. The lowest BCUT2D eigenvalue weighted by molar-refractivity contribution is 0.393. The van der Waals surface area contributed by atoms with Crippen molar-refractivity contribution in [3.8, 4) is 0 Å². The zero-order valence-electron chi connectivity index (χ0n) is 13.9. The third-order valence-electron chi connectivity index (χ3n) is 3.81. The maximum absolute atomic E-state index is 3.67. The minimum atomic E-state index is 0.204. The van der Waals surface area contributed by atoms with Crippen LogP contribution >= 0.6 is 0 Å². The van der Waals surface area contributed by atoms with Crippen molar-refractivity contribution in [2.24, 2.45) is 0 Å². The molecular formula is C19H33N. The fourth-order valence-corrected chi connectivity index (χ4v) is 2.54. The van der Waals surface area contributed by atoms with Gasteiger partial charge in [0.05, 0.1) is 0 Å². The van der Waals surface area contributed by atoms with Crippen LogP contribution < -0.4 is 5.32 Å². The van der Waals surface area contributed by atoms with Gasteiger partial charge in [-0.1, -0.05) is 69.4 Å². The van der Waals surface area contributed by atoms with E-state index in [0.717, 1.165) is 6.54 Å². The second-order valence-electron chi connectivity index (χ2n) is 6.94. The minimum Gasteiger partial charge on any atom is -0.311 e. The van der Waals surface area contributed by atoms with E-state index < -0.39 is 0 Å². The lowest BCUT2D eigenvalue weighted by atomic mass is 9.92. The molecule has 1 aromatic carbocycles. The first-order valence-electron chi connectivity index (χ1n) is 8.33. The molecule has 1 aromatic rings. The Morgan fingerprint density at radius 1 is 0.950 bits per heavy atom. The van der Waals surface area contributed by atoms with Crippen molar-refractivity contribution in [1.82, 2.24) is 5.32 Å². The fourth-order valence-electron chi connectivity index (χ4n) is 2.54. The van der Waals surface area contributed by atoms with Crippen LogP contribution in [0.15, 0.2) is 30.3 Å². The Hall–Kier alpha value is -0.820. The average Bonchev–Trinajstić information content (AvgIpc) is 2.42. The Morgan fingerprint density at radius 3 is 2.20 bits per heavy atom. The lowest BCUT2D eigenvalue weighted by Crippen LogP contribution is -2.38. The first kappa shape index (κ1) is 17.2. The van der Waals surface area contributed by atoms with Crippen molar-refractivity contribution >= 4 is 0 Å². The second kappa shape index (κ2) is 9.18. The van der Waals surface area contributed by atoms with Crippen LogP contribution in [0.25, 0.3) is 0 Å². The average molecular weight is 275 g/mol. The molecule has 1 heteroatoms. The Kier molecular flexibility index (Phi) is 7.91. The third kappa shape index (κ3) is 7.69. The van der Waals surface area contributed by atoms with Gasteiger partial charge >= 0.3 is 0 Å². The van der Waals surface area contributed by atoms with E-state index in [-0.39, 0.29) is 5.54 Å². The zero-order chi connectivity index (χ0) is 14.8. The highest BCUT2D eigenvalue weighted by Crippen LogP contribution is 2.23. The Labute approximate surface area is 126 Å². The predicted octanol–water partition coefficient (Wildman–Crippen LogP) is 5.52. The van der Waals surface area contributed by atoms with Gasteiger partial charge in [-0.25, -0.2) is 0 Å². The van der Waals surface area contributed by atoms with Gasteiger partial charge in [-0.3, -0.25) is 0 Å². The van der Waals surface area contributed by atoms with Crippen LogP contribution in [-0.2, 0) is 0 Å². The second-order valence-corrected chi connectivity index (χ2v) is 6.94. The summed E-state index contributed by atoms with van der Waals surface area (Å²) >= 11 is 0. The smallest absolute Gasteiger partial charge is 0.00967 e. The highest BCUT2D eigenvalue weighted by atomic mass is 14.9. The lowest BCUT2D eigenvalue weighted by Gasteiger charge is -2.25. The highest BCUT2D eigenvalue weighted by Gasteiger charge is 2.15. The first-order chi connectivity index (χ1) is 9.53. The van der Waals surface area contributed by atoms with Gasteiger partial charge < -0.3 is 5.32 Å². The van der Waals surface area contributed by atoms with E-state index >= 15 is 0 Å². The normalized spacial score (nSPS) is 13.4. The summed E-state index contributed by atoms with van der Waals surface area (Å²) in [7, 11) is 0. The van der Waals surface area contributed by atoms with Crippen LogP contribution in [-0.4, -0.2) is 12.1 Å². The van der Waals surface area contributed by atoms with Gasteiger partial charge in [0.2, 0.25) is 0 Å². The predicted molar refractivity (Wildman–Crippen MR) is 90.3 cm³/mol. The molecule has 1 N–H and O–H groups in total. The largest absolute Gasteiger partial charge is 0.311 e. The van der Waals surface area contributed by atoms with Gasteiger partial charge in [-0.05, 0) is 38.7 Å². The number of rotatable bonds is 9. The molecule has 1 nitrogen and oxygen atoms in total. The Bertz CT molecular complexity index is 337. The molecule has 0 amide bonds. The zero-order valence-corrected chi connectivity index (χ0v) is 13.9. The summed E-state index contributed by atoms with van der Waals surface area (Å²) in [4.78, 5) is 0. The van der Waals surface area contributed by atoms with Crippen molar-refractivity contribution < 1.29 is 0 Å². The highest BCUT2D eigenvalue weighted by molar-refractivity contribution is 5.19. The van der Waals surface area contributed by atoms with Gasteiger partial charge in [0, 0.05) is 12.1 Å². The summed E-state index contributed by atoms with van der Waals surface area (Å²) < 4.78 is 0. The number of unbranched alkanes of at least 4 members (excludes halogenated alkanes) is 4. The third-order valence-corrected chi connectivity index (χ3v) is 3.81. The van der Waals surface area contributed by atoms with E-state index in [0.29, 0.717) is 5.92 Å². The molecular weight excluding hydrogens is 242 g/mol. The molecule has 0 aliphatic rings. The molecule has 0 saturated carbocycles.